The summed E-state index contributed by atoms with van der Waals surface area (Å²) in [4.78, 5) is 20.6. The number of aromatic nitrogens is 3. The molecular weight excluding hydrogens is 589 g/mol. The summed E-state index contributed by atoms with van der Waals surface area (Å²) in [6.07, 6.45) is -4.03. The highest BCUT2D eigenvalue weighted by molar-refractivity contribution is 5.90. The smallest absolute Gasteiger partial charge is 0.422 e. The number of nitrogens with zero attached hydrogens (tertiary/aromatic N) is 3. The van der Waals surface area contributed by atoms with Crippen molar-refractivity contribution in [2.24, 2.45) is 0 Å². The Kier molecular flexibility index (Phi) is 8.84. The molecule has 0 saturated heterocycles. The highest BCUT2D eigenvalue weighted by atomic mass is 19.4. The summed E-state index contributed by atoms with van der Waals surface area (Å²) in [5.41, 5.74) is 3.16. The summed E-state index contributed by atoms with van der Waals surface area (Å²) >= 11 is 0. The van der Waals surface area contributed by atoms with Crippen LogP contribution in [0.4, 0.5) is 23.7 Å². The Hall–Kier alpha value is -5.26. The second kappa shape index (κ2) is 12.8. The van der Waals surface area contributed by atoms with Crippen molar-refractivity contribution in [1.29, 1.82) is 0 Å². The number of hydrogen-bond donors (Lipinski definition) is 1. The van der Waals surface area contributed by atoms with E-state index in [1.165, 1.54) is 7.11 Å². The molecule has 0 aliphatic rings. The van der Waals surface area contributed by atoms with Gasteiger partial charge in [-0.25, -0.2) is 9.78 Å². The Morgan fingerprint density at radius 1 is 0.889 bits per heavy atom. The Bertz CT molecular complexity index is 1780. The molecule has 0 unspecified atom stereocenters. The van der Waals surface area contributed by atoms with E-state index in [0.29, 0.717) is 46.3 Å². The van der Waals surface area contributed by atoms with E-state index in [1.54, 1.807) is 73.9 Å². The Balaban J connectivity index is 1.56. The van der Waals surface area contributed by atoms with Crippen LogP contribution in [0.2, 0.25) is 0 Å². The fourth-order valence-corrected chi connectivity index (χ4v) is 4.54. The number of ether oxygens (including phenoxy) is 4. The number of rotatable bonds is 9. The number of halogens is 3. The van der Waals surface area contributed by atoms with Crippen molar-refractivity contribution in [3.05, 3.63) is 90.8 Å². The largest absolute Gasteiger partial charge is 0.493 e. The molecule has 1 N–H and O–H groups in total. The SMILES string of the molecule is COc1cc(-n2c(-c3ccc(NC(=O)OC(C)(C)C)cc3)cc3ncnc(OCC(F)(F)F)c32)ccc1OCc1ccccc1. The lowest BCUT2D eigenvalue weighted by Crippen LogP contribution is -2.27. The monoisotopic (exact) mass is 620 g/mol. The van der Waals surface area contributed by atoms with E-state index >= 15 is 0 Å². The van der Waals surface area contributed by atoms with E-state index in [0.717, 1.165) is 11.9 Å². The molecule has 0 aliphatic carbocycles. The third-order valence-corrected chi connectivity index (χ3v) is 6.40. The van der Waals surface area contributed by atoms with Gasteiger partial charge in [-0.3, -0.25) is 5.32 Å². The molecule has 3 aromatic carbocycles. The molecule has 5 aromatic rings. The summed E-state index contributed by atoms with van der Waals surface area (Å²) in [7, 11) is 1.50. The van der Waals surface area contributed by atoms with Crippen molar-refractivity contribution < 1.29 is 36.9 Å². The molecule has 234 valence electrons. The number of carbonyl (C=O) groups is 1. The van der Waals surface area contributed by atoms with Crippen LogP contribution in [-0.4, -0.2) is 46.1 Å². The van der Waals surface area contributed by atoms with Crippen molar-refractivity contribution >= 4 is 22.8 Å². The maximum atomic E-state index is 13.1. The summed E-state index contributed by atoms with van der Waals surface area (Å²) in [6.45, 7) is 4.07. The van der Waals surface area contributed by atoms with Gasteiger partial charge in [-0.05, 0) is 62.2 Å². The molecule has 1 amide bonds. The van der Waals surface area contributed by atoms with Crippen LogP contribution in [0.25, 0.3) is 28.0 Å². The molecule has 2 aromatic heterocycles. The first-order valence-corrected chi connectivity index (χ1v) is 13.9. The van der Waals surface area contributed by atoms with Crippen molar-refractivity contribution in [2.45, 2.75) is 39.2 Å². The fourth-order valence-electron chi connectivity index (χ4n) is 4.54. The summed E-state index contributed by atoms with van der Waals surface area (Å²) < 4.78 is 63.3. The van der Waals surface area contributed by atoms with E-state index in [4.69, 9.17) is 18.9 Å². The number of carbonyl (C=O) groups excluding carboxylic acids is 1. The van der Waals surface area contributed by atoms with Gasteiger partial charge in [0.15, 0.2) is 18.1 Å². The van der Waals surface area contributed by atoms with Gasteiger partial charge in [-0.1, -0.05) is 42.5 Å². The Labute approximate surface area is 257 Å². The topological polar surface area (TPSA) is 96.7 Å². The number of anilines is 1. The second-order valence-corrected chi connectivity index (χ2v) is 11.0. The first-order valence-electron chi connectivity index (χ1n) is 13.9. The number of benzene rings is 3. The summed E-state index contributed by atoms with van der Waals surface area (Å²) in [6, 6.07) is 23.4. The average Bonchev–Trinajstić information content (AvgIpc) is 3.39. The molecule has 45 heavy (non-hydrogen) atoms. The molecule has 0 saturated carbocycles. The molecule has 0 aliphatic heterocycles. The minimum absolute atomic E-state index is 0.229. The van der Waals surface area contributed by atoms with E-state index in [9.17, 15) is 18.0 Å². The van der Waals surface area contributed by atoms with Gasteiger partial charge in [0, 0.05) is 11.8 Å². The number of alkyl halides is 3. The molecule has 0 fully saturated rings. The van der Waals surface area contributed by atoms with Crippen LogP contribution in [0.15, 0.2) is 85.2 Å². The van der Waals surface area contributed by atoms with E-state index in [-0.39, 0.29) is 11.4 Å². The highest BCUT2D eigenvalue weighted by Gasteiger charge is 2.30. The van der Waals surface area contributed by atoms with Crippen molar-refractivity contribution in [3.63, 3.8) is 0 Å². The summed E-state index contributed by atoms with van der Waals surface area (Å²) in [5, 5.41) is 2.69. The van der Waals surface area contributed by atoms with Crippen LogP contribution in [0.1, 0.15) is 26.3 Å². The predicted molar refractivity (Wildman–Crippen MR) is 163 cm³/mol. The minimum Gasteiger partial charge on any atom is -0.493 e. The maximum Gasteiger partial charge on any atom is 0.422 e. The van der Waals surface area contributed by atoms with Crippen LogP contribution in [-0.2, 0) is 11.3 Å². The van der Waals surface area contributed by atoms with Crippen LogP contribution < -0.4 is 19.5 Å². The van der Waals surface area contributed by atoms with Crippen molar-refractivity contribution in [3.8, 4) is 34.3 Å². The molecule has 0 atom stereocenters. The number of nitrogens with one attached hydrogen (secondary N) is 1. The molecule has 2 heterocycles. The fraction of sp³-hybridized carbons (Fsp3) is 0.242. The quantitative estimate of drug-likeness (QED) is 0.179. The third kappa shape index (κ3) is 7.83. The minimum atomic E-state index is -4.57. The van der Waals surface area contributed by atoms with Crippen LogP contribution in [0.5, 0.6) is 17.4 Å². The van der Waals surface area contributed by atoms with Crippen molar-refractivity contribution in [1.82, 2.24) is 14.5 Å². The standard InChI is InChI=1S/C33H31F3N4O5/c1-32(2,3)45-31(41)39-23-12-10-22(11-13-23)26-17-25-29(30(38-20-37-25)44-19-33(34,35)36)40(26)24-14-15-27(28(16-24)42-4)43-18-21-8-6-5-7-9-21/h5-17,20H,18-19H2,1-4H3,(H,39,41). The van der Waals surface area contributed by atoms with E-state index in [2.05, 4.69) is 15.3 Å². The van der Waals surface area contributed by atoms with Gasteiger partial charge in [0.05, 0.1) is 24.0 Å². The second-order valence-electron chi connectivity index (χ2n) is 11.0. The van der Waals surface area contributed by atoms with Gasteiger partial charge in [0.25, 0.3) is 0 Å². The van der Waals surface area contributed by atoms with Crippen LogP contribution >= 0.6 is 0 Å². The van der Waals surface area contributed by atoms with Gasteiger partial charge < -0.3 is 23.5 Å². The van der Waals surface area contributed by atoms with Crippen LogP contribution in [0, 0.1) is 0 Å². The number of fused-ring (bicyclic) bond motifs is 1. The van der Waals surface area contributed by atoms with Gasteiger partial charge in [0.2, 0.25) is 5.88 Å². The van der Waals surface area contributed by atoms with Gasteiger partial charge in [0.1, 0.15) is 24.1 Å². The first kappa shape index (κ1) is 31.2. The number of amides is 1. The zero-order valence-electron chi connectivity index (χ0n) is 25.0. The van der Waals surface area contributed by atoms with Crippen LogP contribution in [0.3, 0.4) is 0 Å². The number of hydrogen-bond acceptors (Lipinski definition) is 7. The lowest BCUT2D eigenvalue weighted by atomic mass is 10.1. The Morgan fingerprint density at radius 2 is 1.62 bits per heavy atom. The average molecular weight is 621 g/mol. The number of methoxy groups -OCH3 is 1. The first-order chi connectivity index (χ1) is 21.4. The van der Waals surface area contributed by atoms with Crippen molar-refractivity contribution in [2.75, 3.05) is 19.0 Å². The predicted octanol–water partition coefficient (Wildman–Crippen LogP) is 7.96. The molecule has 5 rings (SSSR count). The van der Waals surface area contributed by atoms with Gasteiger partial charge >= 0.3 is 12.3 Å². The van der Waals surface area contributed by atoms with E-state index in [1.807, 2.05) is 30.3 Å². The zero-order chi connectivity index (χ0) is 32.2. The lowest BCUT2D eigenvalue weighted by molar-refractivity contribution is -0.153. The zero-order valence-corrected chi connectivity index (χ0v) is 25.0. The molecule has 0 bridgehead atoms. The van der Waals surface area contributed by atoms with E-state index < -0.39 is 24.5 Å². The molecule has 0 spiro atoms. The van der Waals surface area contributed by atoms with Gasteiger partial charge in [-0.2, -0.15) is 18.2 Å². The lowest BCUT2D eigenvalue weighted by Gasteiger charge is -2.19. The highest BCUT2D eigenvalue weighted by Crippen LogP contribution is 2.38. The molecule has 0 radical (unpaired) electrons. The van der Waals surface area contributed by atoms with Gasteiger partial charge in [-0.15, -0.1) is 0 Å². The third-order valence-electron chi connectivity index (χ3n) is 6.40. The normalized spacial score (nSPS) is 11.7. The molecule has 9 nitrogen and oxygen atoms in total. The molecular formula is C33H31F3N4O5. The Morgan fingerprint density at radius 3 is 2.29 bits per heavy atom. The maximum absolute atomic E-state index is 13.1. The molecule has 12 heteroatoms. The summed E-state index contributed by atoms with van der Waals surface area (Å²) in [5.74, 6) is 0.642.